The summed E-state index contributed by atoms with van der Waals surface area (Å²) in [6.45, 7) is 3.94. The Morgan fingerprint density at radius 2 is 2.37 bits per heavy atom. The number of thioether (sulfide) groups is 1. The number of hydrogen-bond acceptors (Lipinski definition) is 5. The second kappa shape index (κ2) is 6.68. The number of amides is 1. The minimum absolute atomic E-state index is 0.0244. The second-order valence-corrected chi connectivity index (χ2v) is 6.13. The maximum atomic E-state index is 11.7. The fraction of sp³-hybridized carbons (Fsp3) is 0.308. The van der Waals surface area contributed by atoms with E-state index in [1.54, 1.807) is 24.2 Å². The molecule has 2 aromatic heterocycles. The molecule has 2 rings (SSSR count). The molecule has 2 aromatic rings. The molecular weight excluding hydrogens is 278 g/mol. The van der Waals surface area contributed by atoms with Crippen LogP contribution in [0.3, 0.4) is 0 Å². The third kappa shape index (κ3) is 3.78. The van der Waals surface area contributed by atoms with Crippen molar-refractivity contribution in [2.24, 2.45) is 0 Å². The Hall–Kier alpha value is -1.40. The van der Waals surface area contributed by atoms with Crippen LogP contribution < -0.4 is 5.32 Å². The van der Waals surface area contributed by atoms with Crippen LogP contribution in [-0.2, 0) is 4.79 Å². The first-order chi connectivity index (χ1) is 9.20. The van der Waals surface area contributed by atoms with Gasteiger partial charge in [0.2, 0.25) is 5.91 Å². The zero-order valence-electron chi connectivity index (χ0n) is 10.8. The van der Waals surface area contributed by atoms with Gasteiger partial charge in [-0.1, -0.05) is 18.3 Å². The third-order valence-electron chi connectivity index (χ3n) is 2.40. The molecule has 0 saturated carbocycles. The minimum atomic E-state index is 0.0244. The summed E-state index contributed by atoms with van der Waals surface area (Å²) in [4.78, 5) is 20.3. The monoisotopic (exact) mass is 293 g/mol. The standard InChI is InChI=1S/C13H15N3OS2/c1-3-18-8-11(17)16-12-9(2)15-13(19-12)10-5-4-6-14-7-10/h4-7H,3,8H2,1-2H3,(H,16,17). The van der Waals surface area contributed by atoms with Crippen LogP contribution in [0.2, 0.25) is 0 Å². The highest BCUT2D eigenvalue weighted by Crippen LogP contribution is 2.31. The number of hydrogen-bond donors (Lipinski definition) is 1. The van der Waals surface area contributed by atoms with Gasteiger partial charge in [-0.2, -0.15) is 11.8 Å². The number of nitrogens with zero attached hydrogens (tertiary/aromatic N) is 2. The predicted molar refractivity (Wildman–Crippen MR) is 81.7 cm³/mol. The summed E-state index contributed by atoms with van der Waals surface area (Å²) in [7, 11) is 0. The van der Waals surface area contributed by atoms with Crippen molar-refractivity contribution in [3.8, 4) is 10.6 Å². The van der Waals surface area contributed by atoms with Crippen LogP contribution in [0.1, 0.15) is 12.6 Å². The normalized spacial score (nSPS) is 10.4. The van der Waals surface area contributed by atoms with E-state index in [1.807, 2.05) is 26.0 Å². The molecule has 19 heavy (non-hydrogen) atoms. The maximum absolute atomic E-state index is 11.7. The van der Waals surface area contributed by atoms with Gasteiger partial charge in [0.05, 0.1) is 11.4 Å². The zero-order valence-corrected chi connectivity index (χ0v) is 12.5. The Kier molecular flexibility index (Phi) is 4.93. The van der Waals surface area contributed by atoms with Crippen LogP contribution in [0, 0.1) is 6.92 Å². The maximum Gasteiger partial charge on any atom is 0.235 e. The van der Waals surface area contributed by atoms with E-state index < -0.39 is 0 Å². The lowest BCUT2D eigenvalue weighted by Crippen LogP contribution is -2.13. The number of anilines is 1. The van der Waals surface area contributed by atoms with Gasteiger partial charge < -0.3 is 5.32 Å². The van der Waals surface area contributed by atoms with E-state index in [9.17, 15) is 4.79 Å². The van der Waals surface area contributed by atoms with Crippen molar-refractivity contribution in [1.29, 1.82) is 0 Å². The molecule has 0 spiro atoms. The Bertz CT molecular complexity index is 554. The van der Waals surface area contributed by atoms with Gasteiger partial charge in [0.1, 0.15) is 10.0 Å². The molecule has 100 valence electrons. The Morgan fingerprint density at radius 3 is 3.05 bits per heavy atom. The number of carbonyl (C=O) groups is 1. The molecule has 0 fully saturated rings. The largest absolute Gasteiger partial charge is 0.315 e. The lowest BCUT2D eigenvalue weighted by molar-refractivity contribution is -0.113. The molecule has 0 aromatic carbocycles. The van der Waals surface area contributed by atoms with Gasteiger partial charge in [-0.25, -0.2) is 4.98 Å². The van der Waals surface area contributed by atoms with Gasteiger partial charge in [-0.05, 0) is 24.8 Å². The molecule has 0 atom stereocenters. The molecule has 4 nitrogen and oxygen atoms in total. The predicted octanol–water partition coefficient (Wildman–Crippen LogP) is 3.21. The highest BCUT2D eigenvalue weighted by Gasteiger charge is 2.11. The molecule has 0 unspecified atom stereocenters. The average Bonchev–Trinajstić information content (AvgIpc) is 2.79. The Morgan fingerprint density at radius 1 is 1.53 bits per heavy atom. The lowest BCUT2D eigenvalue weighted by atomic mass is 10.3. The van der Waals surface area contributed by atoms with Gasteiger partial charge in [0, 0.05) is 18.0 Å². The first-order valence-electron chi connectivity index (χ1n) is 5.96. The SMILES string of the molecule is CCSCC(=O)Nc1sc(-c2cccnc2)nc1C. The molecular formula is C13H15N3OS2. The van der Waals surface area contributed by atoms with E-state index in [2.05, 4.69) is 15.3 Å². The van der Waals surface area contributed by atoms with Gasteiger partial charge in [0.15, 0.2) is 0 Å². The molecule has 2 heterocycles. The van der Waals surface area contributed by atoms with Crippen molar-refractivity contribution in [1.82, 2.24) is 9.97 Å². The quantitative estimate of drug-likeness (QED) is 0.919. The van der Waals surface area contributed by atoms with Crippen molar-refractivity contribution in [3.63, 3.8) is 0 Å². The molecule has 6 heteroatoms. The molecule has 0 aliphatic rings. The average molecular weight is 293 g/mol. The molecule has 1 amide bonds. The van der Waals surface area contributed by atoms with E-state index in [1.165, 1.54) is 11.3 Å². The van der Waals surface area contributed by atoms with Crippen LogP contribution in [0.4, 0.5) is 5.00 Å². The van der Waals surface area contributed by atoms with E-state index in [4.69, 9.17) is 0 Å². The van der Waals surface area contributed by atoms with Crippen molar-refractivity contribution >= 4 is 34.0 Å². The Balaban J connectivity index is 2.11. The summed E-state index contributed by atoms with van der Waals surface area (Å²) in [5.41, 5.74) is 1.82. The molecule has 0 bridgehead atoms. The van der Waals surface area contributed by atoms with Gasteiger partial charge in [-0.3, -0.25) is 9.78 Å². The summed E-state index contributed by atoms with van der Waals surface area (Å²) in [5.74, 6) is 1.45. The molecule has 0 aliphatic heterocycles. The fourth-order valence-corrected chi connectivity index (χ4v) is 2.92. The van der Waals surface area contributed by atoms with Crippen LogP contribution in [-0.4, -0.2) is 27.4 Å². The summed E-state index contributed by atoms with van der Waals surface area (Å²) in [5, 5.41) is 4.61. The highest BCUT2D eigenvalue weighted by atomic mass is 32.2. The summed E-state index contributed by atoms with van der Waals surface area (Å²) < 4.78 is 0. The fourth-order valence-electron chi connectivity index (χ4n) is 1.48. The van der Waals surface area contributed by atoms with Crippen molar-refractivity contribution < 1.29 is 4.79 Å². The molecule has 0 radical (unpaired) electrons. The van der Waals surface area contributed by atoms with Gasteiger partial charge >= 0.3 is 0 Å². The van der Waals surface area contributed by atoms with E-state index >= 15 is 0 Å². The third-order valence-corrected chi connectivity index (χ3v) is 4.39. The molecule has 1 N–H and O–H groups in total. The van der Waals surface area contributed by atoms with Crippen molar-refractivity contribution in [2.45, 2.75) is 13.8 Å². The van der Waals surface area contributed by atoms with E-state index in [-0.39, 0.29) is 5.91 Å². The van der Waals surface area contributed by atoms with E-state index in [0.29, 0.717) is 5.75 Å². The second-order valence-electron chi connectivity index (χ2n) is 3.86. The zero-order chi connectivity index (χ0) is 13.7. The number of aromatic nitrogens is 2. The number of rotatable bonds is 5. The van der Waals surface area contributed by atoms with Gasteiger partial charge in [-0.15, -0.1) is 0 Å². The van der Waals surface area contributed by atoms with Crippen molar-refractivity contribution in [2.75, 3.05) is 16.8 Å². The smallest absolute Gasteiger partial charge is 0.235 e. The van der Waals surface area contributed by atoms with Gasteiger partial charge in [0.25, 0.3) is 0 Å². The minimum Gasteiger partial charge on any atom is -0.315 e. The Labute approximate surface area is 120 Å². The van der Waals surface area contributed by atoms with E-state index in [0.717, 1.165) is 27.0 Å². The number of nitrogens with one attached hydrogen (secondary N) is 1. The topological polar surface area (TPSA) is 54.9 Å². The van der Waals surface area contributed by atoms with Crippen LogP contribution in [0.25, 0.3) is 10.6 Å². The van der Waals surface area contributed by atoms with Crippen LogP contribution >= 0.6 is 23.1 Å². The molecule has 0 aliphatic carbocycles. The summed E-state index contributed by atoms with van der Waals surface area (Å²) >= 11 is 3.09. The lowest BCUT2D eigenvalue weighted by Gasteiger charge is -2.01. The number of thiazole rings is 1. The number of aryl methyl sites for hydroxylation is 1. The van der Waals surface area contributed by atoms with Crippen LogP contribution in [0.15, 0.2) is 24.5 Å². The summed E-state index contributed by atoms with van der Waals surface area (Å²) in [6.07, 6.45) is 3.51. The first kappa shape index (κ1) is 14.0. The summed E-state index contributed by atoms with van der Waals surface area (Å²) in [6, 6.07) is 3.84. The van der Waals surface area contributed by atoms with Crippen molar-refractivity contribution in [3.05, 3.63) is 30.2 Å². The number of pyridine rings is 1. The highest BCUT2D eigenvalue weighted by molar-refractivity contribution is 7.99. The number of carbonyl (C=O) groups excluding carboxylic acids is 1. The molecule has 0 saturated heterocycles. The first-order valence-corrected chi connectivity index (χ1v) is 7.93. The van der Waals surface area contributed by atoms with Crippen LogP contribution in [0.5, 0.6) is 0 Å².